The molecule has 0 aliphatic heterocycles. The molecule has 64 valence electrons. The summed E-state index contributed by atoms with van der Waals surface area (Å²) in [5.41, 5.74) is -0.402. The second-order valence-corrected chi connectivity index (χ2v) is 2.33. The molecule has 5 heteroatoms. The first kappa shape index (κ1) is 9.12. The third-order valence-electron chi connectivity index (χ3n) is 1.21. The van der Waals surface area contributed by atoms with E-state index in [-0.39, 0.29) is 0 Å². The minimum Gasteiger partial charge on any atom is -0.251 e. The van der Waals surface area contributed by atoms with Crippen molar-refractivity contribution in [3.8, 4) is 0 Å². The van der Waals surface area contributed by atoms with E-state index < -0.39 is 11.9 Å². The van der Waals surface area contributed by atoms with Crippen molar-refractivity contribution in [2.24, 2.45) is 0 Å². The van der Waals surface area contributed by atoms with E-state index in [1.54, 1.807) is 0 Å². The smallest absolute Gasteiger partial charge is 0.251 e. The maximum absolute atomic E-state index is 11.9. The highest BCUT2D eigenvalue weighted by atomic mass is 32.1. The zero-order valence-electron chi connectivity index (χ0n) is 5.80. The quantitative estimate of drug-likeness (QED) is 0.632. The van der Waals surface area contributed by atoms with E-state index in [4.69, 9.17) is 0 Å². The van der Waals surface area contributed by atoms with Crippen LogP contribution in [0.2, 0.25) is 0 Å². The van der Waals surface area contributed by atoms with Gasteiger partial charge in [0.15, 0.2) is 0 Å². The number of nitrogens with zero attached hydrogens (tertiary/aromatic N) is 1. The van der Waals surface area contributed by atoms with Gasteiger partial charge in [-0.2, -0.15) is 13.2 Å². The summed E-state index contributed by atoms with van der Waals surface area (Å²) >= 11 is 4.51. The fourth-order valence-corrected chi connectivity index (χ4v) is 0.782. The van der Waals surface area contributed by atoms with Crippen LogP contribution in [0.25, 0.3) is 0 Å². The molecule has 0 spiro atoms. The predicted octanol–water partition coefficient (Wildman–Crippen LogP) is 2.45. The van der Waals surface area contributed by atoms with Gasteiger partial charge in [0.2, 0.25) is 0 Å². The molecule has 0 radical (unpaired) electrons. The summed E-state index contributed by atoms with van der Waals surface area (Å²) < 4.78 is 35.8. The lowest BCUT2D eigenvalue weighted by Gasteiger charge is -2.04. The SMILES string of the molecule is FC(F)(F)c1ccc(C=S)cn1. The van der Waals surface area contributed by atoms with Crippen LogP contribution in [-0.2, 0) is 6.18 Å². The van der Waals surface area contributed by atoms with Gasteiger partial charge in [0.25, 0.3) is 0 Å². The highest BCUT2D eigenvalue weighted by Crippen LogP contribution is 2.26. The van der Waals surface area contributed by atoms with E-state index in [2.05, 4.69) is 17.2 Å². The van der Waals surface area contributed by atoms with Crippen molar-refractivity contribution in [3.05, 3.63) is 29.6 Å². The second-order valence-electron chi connectivity index (χ2n) is 2.09. The third kappa shape index (κ3) is 2.01. The molecular formula is C7H4F3NS. The first-order valence-electron chi connectivity index (χ1n) is 3.02. The molecule has 0 N–H and O–H groups in total. The van der Waals surface area contributed by atoms with Crippen LogP contribution in [0.1, 0.15) is 11.3 Å². The molecule has 1 rings (SSSR count). The Kier molecular flexibility index (Phi) is 2.42. The molecule has 0 saturated carbocycles. The molecule has 0 saturated heterocycles. The van der Waals surface area contributed by atoms with Crippen LogP contribution in [0.15, 0.2) is 18.3 Å². The standard InChI is InChI=1S/C7H4F3NS/c8-7(9,10)6-2-1-5(4-12)3-11-6/h1-4H. The fourth-order valence-electron chi connectivity index (χ4n) is 0.643. The first-order valence-corrected chi connectivity index (χ1v) is 3.49. The number of alkyl halides is 3. The van der Waals surface area contributed by atoms with Gasteiger partial charge < -0.3 is 0 Å². The topological polar surface area (TPSA) is 12.9 Å². The van der Waals surface area contributed by atoms with E-state index in [9.17, 15) is 13.2 Å². The number of pyridine rings is 1. The molecule has 0 amide bonds. The highest BCUT2D eigenvalue weighted by molar-refractivity contribution is 7.79. The number of thiocarbonyl (C=S) groups is 1. The zero-order valence-corrected chi connectivity index (χ0v) is 6.62. The van der Waals surface area contributed by atoms with Gasteiger partial charge in [-0.05, 0) is 6.07 Å². The Hall–Kier alpha value is -0.970. The van der Waals surface area contributed by atoms with Gasteiger partial charge in [-0.3, -0.25) is 4.98 Å². The lowest BCUT2D eigenvalue weighted by Crippen LogP contribution is -2.07. The Morgan fingerprint density at radius 3 is 2.33 bits per heavy atom. The second kappa shape index (κ2) is 3.18. The predicted molar refractivity (Wildman–Crippen MR) is 42.0 cm³/mol. The first-order chi connectivity index (χ1) is 5.54. The van der Waals surface area contributed by atoms with Crippen LogP contribution in [0.3, 0.4) is 0 Å². The Morgan fingerprint density at radius 2 is 2.00 bits per heavy atom. The lowest BCUT2D eigenvalue weighted by atomic mass is 10.3. The van der Waals surface area contributed by atoms with Gasteiger partial charge in [0.1, 0.15) is 5.69 Å². The fraction of sp³-hybridized carbons (Fsp3) is 0.143. The van der Waals surface area contributed by atoms with Crippen molar-refractivity contribution in [3.63, 3.8) is 0 Å². The van der Waals surface area contributed by atoms with Gasteiger partial charge >= 0.3 is 6.18 Å². The monoisotopic (exact) mass is 191 g/mol. The van der Waals surface area contributed by atoms with Gasteiger partial charge in [-0.15, -0.1) is 0 Å². The minimum atomic E-state index is -4.38. The zero-order chi connectivity index (χ0) is 9.19. The van der Waals surface area contributed by atoms with E-state index in [0.29, 0.717) is 5.56 Å². The summed E-state index contributed by atoms with van der Waals surface area (Å²) in [7, 11) is 0. The number of rotatable bonds is 1. The molecule has 0 aliphatic rings. The lowest BCUT2D eigenvalue weighted by molar-refractivity contribution is -0.141. The number of hydrogen-bond donors (Lipinski definition) is 0. The van der Waals surface area contributed by atoms with Crippen LogP contribution in [0.5, 0.6) is 0 Å². The Labute approximate surface area is 72.2 Å². The molecule has 1 nitrogen and oxygen atoms in total. The average Bonchev–Trinajstić information content (AvgIpc) is 2.03. The summed E-state index contributed by atoms with van der Waals surface area (Å²) in [5.74, 6) is 0. The van der Waals surface area contributed by atoms with E-state index >= 15 is 0 Å². The largest absolute Gasteiger partial charge is 0.433 e. The van der Waals surface area contributed by atoms with Gasteiger partial charge in [0, 0.05) is 17.1 Å². The molecule has 0 aromatic carbocycles. The van der Waals surface area contributed by atoms with Crippen LogP contribution in [0.4, 0.5) is 13.2 Å². The average molecular weight is 191 g/mol. The van der Waals surface area contributed by atoms with Gasteiger partial charge in [-0.25, -0.2) is 0 Å². The molecule has 1 heterocycles. The Bertz CT molecular complexity index is 278. The molecule has 0 aliphatic carbocycles. The van der Waals surface area contributed by atoms with E-state index in [1.807, 2.05) is 0 Å². The molecule has 0 bridgehead atoms. The van der Waals surface area contributed by atoms with Crippen LogP contribution < -0.4 is 0 Å². The van der Waals surface area contributed by atoms with Crippen LogP contribution in [0, 0.1) is 0 Å². The van der Waals surface area contributed by atoms with Crippen molar-refractivity contribution in [1.29, 1.82) is 0 Å². The summed E-state index contributed by atoms with van der Waals surface area (Å²) in [4.78, 5) is 3.20. The van der Waals surface area contributed by atoms with Crippen molar-refractivity contribution in [1.82, 2.24) is 4.98 Å². The number of halogens is 3. The normalized spacial score (nSPS) is 11.2. The maximum atomic E-state index is 11.9. The molecule has 0 atom stereocenters. The summed E-state index contributed by atoms with van der Waals surface area (Å²) in [5, 5.41) is 1.27. The molecule has 12 heavy (non-hydrogen) atoms. The summed E-state index contributed by atoms with van der Waals surface area (Å²) in [6, 6.07) is 2.18. The highest BCUT2D eigenvalue weighted by Gasteiger charge is 2.31. The van der Waals surface area contributed by atoms with Crippen molar-refractivity contribution in [2.75, 3.05) is 0 Å². The molecular weight excluding hydrogens is 187 g/mol. The van der Waals surface area contributed by atoms with Crippen LogP contribution in [-0.4, -0.2) is 10.4 Å². The maximum Gasteiger partial charge on any atom is 0.433 e. The summed E-state index contributed by atoms with van der Waals surface area (Å²) in [6.45, 7) is 0. The van der Waals surface area contributed by atoms with E-state index in [0.717, 1.165) is 12.3 Å². The van der Waals surface area contributed by atoms with Crippen molar-refractivity contribution < 1.29 is 13.2 Å². The number of hydrogen-bond acceptors (Lipinski definition) is 2. The summed E-state index contributed by atoms with van der Waals surface area (Å²) in [6.07, 6.45) is -3.28. The Balaban J connectivity index is 3.00. The molecule has 0 fully saturated rings. The van der Waals surface area contributed by atoms with Crippen molar-refractivity contribution >= 4 is 17.6 Å². The molecule has 1 aromatic heterocycles. The minimum absolute atomic E-state index is 0.498. The molecule has 0 unspecified atom stereocenters. The third-order valence-corrected chi connectivity index (χ3v) is 1.49. The van der Waals surface area contributed by atoms with Gasteiger partial charge in [0.05, 0.1) is 0 Å². The van der Waals surface area contributed by atoms with Crippen LogP contribution >= 0.6 is 12.2 Å². The van der Waals surface area contributed by atoms with Crippen molar-refractivity contribution in [2.45, 2.75) is 6.18 Å². The van der Waals surface area contributed by atoms with E-state index in [1.165, 1.54) is 11.4 Å². The number of aromatic nitrogens is 1. The Morgan fingerprint density at radius 1 is 1.33 bits per heavy atom. The van der Waals surface area contributed by atoms with Gasteiger partial charge in [-0.1, -0.05) is 18.3 Å². The molecule has 1 aromatic rings.